The van der Waals surface area contributed by atoms with Crippen molar-refractivity contribution < 1.29 is 22.3 Å². The second kappa shape index (κ2) is 7.89. The van der Waals surface area contributed by atoms with Crippen molar-refractivity contribution in [1.29, 1.82) is 0 Å². The van der Waals surface area contributed by atoms with Crippen LogP contribution in [0.4, 0.5) is 13.2 Å². The number of benzene rings is 2. The van der Waals surface area contributed by atoms with Crippen molar-refractivity contribution in [3.8, 4) is 16.9 Å². The largest absolute Gasteiger partial charge is 0.573 e. The molecule has 4 rings (SSSR count). The summed E-state index contributed by atoms with van der Waals surface area (Å²) in [7, 11) is 0. The lowest BCUT2D eigenvalue weighted by molar-refractivity contribution is -0.274. The van der Waals surface area contributed by atoms with E-state index in [0.29, 0.717) is 23.2 Å². The average Bonchev–Trinajstić information content (AvgIpc) is 3.23. The summed E-state index contributed by atoms with van der Waals surface area (Å²) in [5.74, 6) is -0.690. The van der Waals surface area contributed by atoms with E-state index < -0.39 is 12.1 Å². The van der Waals surface area contributed by atoms with Crippen LogP contribution in [-0.2, 0) is 6.54 Å². The van der Waals surface area contributed by atoms with Crippen molar-refractivity contribution in [2.75, 3.05) is 6.54 Å². The molecule has 1 aliphatic rings. The lowest BCUT2D eigenvalue weighted by atomic mass is 10.1. The Hall–Kier alpha value is -2.45. The van der Waals surface area contributed by atoms with Crippen LogP contribution in [0.2, 0.25) is 0 Å². The van der Waals surface area contributed by atoms with E-state index in [0.717, 1.165) is 24.9 Å². The summed E-state index contributed by atoms with van der Waals surface area (Å²) >= 11 is 0. The molecule has 2 aromatic carbocycles. The van der Waals surface area contributed by atoms with Crippen molar-refractivity contribution in [2.24, 2.45) is 0 Å². The Morgan fingerprint density at radius 2 is 1.86 bits per heavy atom. The quantitative estimate of drug-likeness (QED) is 0.690. The molecule has 0 amide bonds. The summed E-state index contributed by atoms with van der Waals surface area (Å²) in [4.78, 5) is 12.2. The van der Waals surface area contributed by atoms with Gasteiger partial charge in [-0.1, -0.05) is 18.2 Å². The average molecular weight is 415 g/mol. The highest BCUT2D eigenvalue weighted by molar-refractivity contribution is 5.85. The van der Waals surface area contributed by atoms with E-state index in [1.807, 2.05) is 6.07 Å². The maximum absolute atomic E-state index is 12.3. The van der Waals surface area contributed by atoms with Gasteiger partial charge in [0.1, 0.15) is 5.75 Å². The second-order valence-electron chi connectivity index (χ2n) is 6.53. The fourth-order valence-corrected chi connectivity index (χ4v) is 3.40. The van der Waals surface area contributed by atoms with Gasteiger partial charge in [0.2, 0.25) is 0 Å². The Morgan fingerprint density at radius 1 is 1.14 bits per heavy atom. The molecule has 150 valence electrons. The first kappa shape index (κ1) is 20.3. The maximum atomic E-state index is 12.3. The van der Waals surface area contributed by atoms with Crippen molar-refractivity contribution in [3.05, 3.63) is 53.0 Å². The number of oxazole rings is 1. The zero-order valence-electron chi connectivity index (χ0n) is 14.7. The van der Waals surface area contributed by atoms with Gasteiger partial charge in [-0.25, -0.2) is 4.79 Å². The van der Waals surface area contributed by atoms with Crippen molar-refractivity contribution in [1.82, 2.24) is 9.88 Å². The molecule has 0 radical (unpaired) electrons. The molecule has 0 unspecified atom stereocenters. The van der Waals surface area contributed by atoms with Crippen LogP contribution in [0.15, 0.2) is 51.7 Å². The highest BCUT2D eigenvalue weighted by Crippen LogP contribution is 2.28. The van der Waals surface area contributed by atoms with E-state index in [1.165, 1.54) is 12.1 Å². The van der Waals surface area contributed by atoms with Crippen molar-refractivity contribution in [2.45, 2.75) is 31.8 Å². The number of halogens is 4. The molecule has 0 saturated carbocycles. The van der Waals surface area contributed by atoms with Gasteiger partial charge in [0.15, 0.2) is 5.58 Å². The van der Waals surface area contributed by atoms with Gasteiger partial charge >= 0.3 is 12.1 Å². The van der Waals surface area contributed by atoms with Crippen LogP contribution < -0.4 is 15.8 Å². The summed E-state index contributed by atoms with van der Waals surface area (Å²) in [5, 5.41) is 3.35. The summed E-state index contributed by atoms with van der Waals surface area (Å²) in [5.41, 5.74) is 2.64. The van der Waals surface area contributed by atoms with Gasteiger partial charge in [-0.05, 0) is 54.8 Å². The standard InChI is InChI=1S/C19H17F3N2O3.ClH/c20-19(21,22)27-15-6-3-12(4-7-15)13-5-8-17-16(10-13)24(18(25)26-17)11-14-2-1-9-23-14;/h3-8,10,14,23H,1-2,9,11H2;1H/t14-;/m0./s1. The molecule has 3 aromatic rings. The van der Waals surface area contributed by atoms with Crippen LogP contribution in [0.1, 0.15) is 12.8 Å². The van der Waals surface area contributed by atoms with Gasteiger partial charge in [-0.3, -0.25) is 4.57 Å². The lowest BCUT2D eigenvalue weighted by Gasteiger charge is -2.11. The van der Waals surface area contributed by atoms with Gasteiger partial charge in [0.05, 0.1) is 5.52 Å². The first-order valence-corrected chi connectivity index (χ1v) is 8.62. The van der Waals surface area contributed by atoms with E-state index >= 15 is 0 Å². The van der Waals surface area contributed by atoms with Crippen LogP contribution in [-0.4, -0.2) is 23.5 Å². The minimum Gasteiger partial charge on any atom is -0.408 e. The SMILES string of the molecule is Cl.O=c1oc2ccc(-c3ccc(OC(F)(F)F)cc3)cc2n1C[C@@H]1CCCN1. The second-order valence-corrected chi connectivity index (χ2v) is 6.53. The Morgan fingerprint density at radius 3 is 2.50 bits per heavy atom. The zero-order chi connectivity index (χ0) is 19.0. The number of nitrogens with one attached hydrogen (secondary N) is 1. The molecular formula is C19H18ClF3N2O3. The van der Waals surface area contributed by atoms with Crippen LogP contribution >= 0.6 is 12.4 Å². The third-order valence-electron chi connectivity index (χ3n) is 4.65. The Labute approximate surface area is 164 Å². The topological polar surface area (TPSA) is 56.4 Å². The molecule has 1 fully saturated rings. The third kappa shape index (κ3) is 4.34. The van der Waals surface area contributed by atoms with Crippen LogP contribution in [0.25, 0.3) is 22.2 Å². The fraction of sp³-hybridized carbons (Fsp3) is 0.316. The van der Waals surface area contributed by atoms with Gasteiger partial charge in [0.25, 0.3) is 0 Å². The third-order valence-corrected chi connectivity index (χ3v) is 4.65. The lowest BCUT2D eigenvalue weighted by Crippen LogP contribution is -2.30. The highest BCUT2D eigenvalue weighted by Gasteiger charge is 2.31. The number of fused-ring (bicyclic) bond motifs is 1. The predicted octanol–water partition coefficient (Wildman–Crippen LogP) is 4.33. The van der Waals surface area contributed by atoms with Gasteiger partial charge < -0.3 is 14.5 Å². The Kier molecular flexibility index (Phi) is 5.71. The minimum absolute atomic E-state index is 0. The summed E-state index contributed by atoms with van der Waals surface area (Å²) in [6.45, 7) is 1.46. The number of hydrogen-bond acceptors (Lipinski definition) is 4. The number of ether oxygens (including phenoxy) is 1. The first-order valence-electron chi connectivity index (χ1n) is 8.62. The summed E-state index contributed by atoms with van der Waals surface area (Å²) in [6, 6.07) is 11.1. The molecule has 0 bridgehead atoms. The molecule has 28 heavy (non-hydrogen) atoms. The summed E-state index contributed by atoms with van der Waals surface area (Å²) in [6.07, 6.45) is -2.65. The van der Waals surface area contributed by atoms with Crippen LogP contribution in [0, 0.1) is 0 Å². The predicted molar refractivity (Wildman–Crippen MR) is 101 cm³/mol. The smallest absolute Gasteiger partial charge is 0.408 e. The maximum Gasteiger partial charge on any atom is 0.573 e. The number of rotatable bonds is 4. The zero-order valence-corrected chi connectivity index (χ0v) is 15.5. The molecule has 2 heterocycles. The van der Waals surface area contributed by atoms with Crippen LogP contribution in [0.5, 0.6) is 5.75 Å². The Bertz CT molecular complexity index is 1010. The summed E-state index contributed by atoms with van der Waals surface area (Å²) < 4.78 is 47.7. The van der Waals surface area contributed by atoms with Crippen LogP contribution in [0.3, 0.4) is 0 Å². The number of aromatic nitrogens is 1. The molecule has 9 heteroatoms. The number of alkyl halides is 3. The normalized spacial score (nSPS) is 16.9. The molecule has 1 aromatic heterocycles. The van der Waals surface area contributed by atoms with E-state index in [9.17, 15) is 18.0 Å². The monoisotopic (exact) mass is 414 g/mol. The van der Waals surface area contributed by atoms with E-state index in [4.69, 9.17) is 4.42 Å². The van der Waals surface area contributed by atoms with E-state index in [1.54, 1.807) is 28.8 Å². The number of nitrogens with zero attached hydrogens (tertiary/aromatic N) is 1. The molecule has 0 aliphatic carbocycles. The highest BCUT2D eigenvalue weighted by atomic mass is 35.5. The fourth-order valence-electron chi connectivity index (χ4n) is 3.40. The van der Waals surface area contributed by atoms with E-state index in [-0.39, 0.29) is 24.2 Å². The number of hydrogen-bond donors (Lipinski definition) is 1. The molecule has 1 atom stereocenters. The van der Waals surface area contributed by atoms with Gasteiger partial charge in [-0.15, -0.1) is 25.6 Å². The van der Waals surface area contributed by atoms with E-state index in [2.05, 4.69) is 10.1 Å². The molecule has 0 spiro atoms. The molecule has 5 nitrogen and oxygen atoms in total. The first-order chi connectivity index (χ1) is 12.9. The minimum atomic E-state index is -4.72. The van der Waals surface area contributed by atoms with Gasteiger partial charge in [-0.2, -0.15) is 0 Å². The molecule has 1 saturated heterocycles. The van der Waals surface area contributed by atoms with Gasteiger partial charge in [0, 0.05) is 12.6 Å². The van der Waals surface area contributed by atoms with Crippen molar-refractivity contribution >= 4 is 23.5 Å². The van der Waals surface area contributed by atoms with Crippen molar-refractivity contribution in [3.63, 3.8) is 0 Å². The molecular weight excluding hydrogens is 397 g/mol. The Balaban J connectivity index is 0.00000225. The molecule has 1 N–H and O–H groups in total. The molecule has 1 aliphatic heterocycles.